The molecule has 102 valence electrons. The van der Waals surface area contributed by atoms with E-state index in [1.54, 1.807) is 19.1 Å². The second-order valence-electron chi connectivity index (χ2n) is 4.27. The predicted octanol–water partition coefficient (Wildman–Crippen LogP) is -0.175. The summed E-state index contributed by atoms with van der Waals surface area (Å²) in [7, 11) is 3.33. The van der Waals surface area contributed by atoms with Gasteiger partial charge in [-0.1, -0.05) is 0 Å². The Bertz CT molecular complexity index is 379. The highest BCUT2D eigenvalue weighted by Crippen LogP contribution is 2.03. The van der Waals surface area contributed by atoms with Crippen molar-refractivity contribution in [1.82, 2.24) is 20.1 Å². The summed E-state index contributed by atoms with van der Waals surface area (Å²) in [5.74, 6) is 1.22. The van der Waals surface area contributed by atoms with Gasteiger partial charge in [-0.2, -0.15) is 5.10 Å². The molecule has 0 spiro atoms. The van der Waals surface area contributed by atoms with Crippen LogP contribution in [0.2, 0.25) is 0 Å². The molecule has 1 atom stereocenters. The summed E-state index contributed by atoms with van der Waals surface area (Å²) < 4.78 is 4.93. The molecule has 1 aromatic rings. The lowest BCUT2D eigenvalue weighted by molar-refractivity contribution is -0.132. The van der Waals surface area contributed by atoms with E-state index in [1.165, 1.54) is 0 Å². The van der Waals surface area contributed by atoms with E-state index in [0.717, 1.165) is 12.2 Å². The first-order valence-electron chi connectivity index (χ1n) is 5.92. The van der Waals surface area contributed by atoms with Gasteiger partial charge in [-0.3, -0.25) is 9.89 Å². The van der Waals surface area contributed by atoms with E-state index in [4.69, 9.17) is 10.5 Å². The summed E-state index contributed by atoms with van der Waals surface area (Å²) >= 11 is 0. The number of nitrogens with one attached hydrogen (secondary N) is 1. The molecule has 1 amide bonds. The van der Waals surface area contributed by atoms with Gasteiger partial charge in [0.1, 0.15) is 5.82 Å². The summed E-state index contributed by atoms with van der Waals surface area (Å²) in [5, 5.41) is 6.72. The third kappa shape index (κ3) is 4.42. The summed E-state index contributed by atoms with van der Waals surface area (Å²) in [6, 6.07) is -0.495. The first-order chi connectivity index (χ1) is 8.54. The van der Waals surface area contributed by atoms with Crippen LogP contribution < -0.4 is 5.73 Å². The van der Waals surface area contributed by atoms with Crippen LogP contribution >= 0.6 is 0 Å². The average molecular weight is 255 g/mol. The second-order valence-corrected chi connectivity index (χ2v) is 4.27. The number of hydrogen-bond donors (Lipinski definition) is 2. The highest BCUT2D eigenvalue weighted by molar-refractivity contribution is 5.81. The number of likely N-dealkylation sites (N-methyl/N-ethyl adjacent to an activating group) is 1. The van der Waals surface area contributed by atoms with Crippen LogP contribution in [0.3, 0.4) is 0 Å². The molecule has 0 aliphatic heterocycles. The molecule has 0 saturated heterocycles. The first kappa shape index (κ1) is 14.6. The Morgan fingerprint density at radius 1 is 1.61 bits per heavy atom. The molecule has 7 nitrogen and oxygen atoms in total. The van der Waals surface area contributed by atoms with Gasteiger partial charge in [-0.15, -0.1) is 0 Å². The Morgan fingerprint density at radius 3 is 2.89 bits per heavy atom. The lowest BCUT2D eigenvalue weighted by Gasteiger charge is -2.19. The maximum Gasteiger partial charge on any atom is 0.239 e. The monoisotopic (exact) mass is 255 g/mol. The summed E-state index contributed by atoms with van der Waals surface area (Å²) in [6.45, 7) is 2.79. The number of hydrogen-bond acceptors (Lipinski definition) is 5. The van der Waals surface area contributed by atoms with E-state index in [9.17, 15) is 4.79 Å². The summed E-state index contributed by atoms with van der Waals surface area (Å²) in [5.41, 5.74) is 5.82. The molecule has 3 N–H and O–H groups in total. The number of carbonyl (C=O) groups is 1. The molecule has 1 heterocycles. The number of ether oxygens (including phenoxy) is 1. The van der Waals surface area contributed by atoms with Gasteiger partial charge in [0.05, 0.1) is 12.6 Å². The number of H-pyrrole nitrogens is 1. The highest BCUT2D eigenvalue weighted by Gasteiger charge is 2.18. The fourth-order valence-electron chi connectivity index (χ4n) is 1.60. The maximum atomic E-state index is 11.9. The standard InChI is InChI=1S/C11H21N5O2/c1-8-13-10(15-14-8)7-16(2)11(17)9(12)5-4-6-18-3/h9H,4-7,12H2,1-3H3,(H,13,14,15). The van der Waals surface area contributed by atoms with Crippen molar-refractivity contribution in [2.45, 2.75) is 32.4 Å². The van der Waals surface area contributed by atoms with Crippen LogP contribution in [0, 0.1) is 6.92 Å². The Balaban J connectivity index is 2.40. The molecular formula is C11H21N5O2. The molecule has 0 aromatic carbocycles. The molecular weight excluding hydrogens is 234 g/mol. The number of rotatable bonds is 7. The molecule has 0 fully saturated rings. The number of aryl methyl sites for hydroxylation is 1. The molecule has 0 aliphatic rings. The molecule has 1 aromatic heterocycles. The average Bonchev–Trinajstić information content (AvgIpc) is 2.73. The first-order valence-corrected chi connectivity index (χ1v) is 5.92. The van der Waals surface area contributed by atoms with Crippen LogP contribution in [0.25, 0.3) is 0 Å². The van der Waals surface area contributed by atoms with Gasteiger partial charge in [0.15, 0.2) is 5.82 Å². The molecule has 0 saturated carbocycles. The van der Waals surface area contributed by atoms with E-state index in [-0.39, 0.29) is 5.91 Å². The van der Waals surface area contributed by atoms with Crippen LogP contribution in [-0.2, 0) is 16.1 Å². The van der Waals surface area contributed by atoms with Crippen molar-refractivity contribution in [3.05, 3.63) is 11.6 Å². The zero-order valence-corrected chi connectivity index (χ0v) is 11.1. The van der Waals surface area contributed by atoms with Gasteiger partial charge < -0.3 is 15.4 Å². The zero-order valence-electron chi connectivity index (χ0n) is 11.1. The molecule has 18 heavy (non-hydrogen) atoms. The number of aromatic amines is 1. The minimum Gasteiger partial charge on any atom is -0.385 e. The van der Waals surface area contributed by atoms with Crippen molar-refractivity contribution in [2.24, 2.45) is 5.73 Å². The molecule has 1 rings (SSSR count). The van der Waals surface area contributed by atoms with E-state index >= 15 is 0 Å². The Morgan fingerprint density at radius 2 is 2.33 bits per heavy atom. The smallest absolute Gasteiger partial charge is 0.239 e. The number of amides is 1. The minimum atomic E-state index is -0.495. The van der Waals surface area contributed by atoms with E-state index in [2.05, 4.69) is 15.2 Å². The van der Waals surface area contributed by atoms with Crippen molar-refractivity contribution >= 4 is 5.91 Å². The fraction of sp³-hybridized carbons (Fsp3) is 0.727. The lowest BCUT2D eigenvalue weighted by atomic mass is 10.1. The molecule has 7 heteroatoms. The van der Waals surface area contributed by atoms with E-state index in [0.29, 0.717) is 25.4 Å². The van der Waals surface area contributed by atoms with Crippen molar-refractivity contribution in [3.8, 4) is 0 Å². The van der Waals surface area contributed by atoms with Gasteiger partial charge in [0.2, 0.25) is 5.91 Å². The molecule has 0 aliphatic carbocycles. The van der Waals surface area contributed by atoms with Crippen molar-refractivity contribution < 1.29 is 9.53 Å². The molecule has 0 radical (unpaired) electrons. The number of nitrogens with zero attached hydrogens (tertiary/aromatic N) is 3. The molecule has 0 bridgehead atoms. The number of aromatic nitrogens is 3. The zero-order chi connectivity index (χ0) is 13.5. The van der Waals surface area contributed by atoms with Crippen LogP contribution in [0.1, 0.15) is 24.5 Å². The van der Waals surface area contributed by atoms with E-state index < -0.39 is 6.04 Å². The number of carbonyl (C=O) groups excluding carboxylic acids is 1. The number of nitrogens with two attached hydrogens (primary N) is 1. The van der Waals surface area contributed by atoms with Gasteiger partial charge >= 0.3 is 0 Å². The Labute approximate surface area is 107 Å². The van der Waals surface area contributed by atoms with Crippen LogP contribution in [0.15, 0.2) is 0 Å². The second kappa shape index (κ2) is 7.07. The third-order valence-electron chi connectivity index (χ3n) is 2.58. The topological polar surface area (TPSA) is 97.1 Å². The lowest BCUT2D eigenvalue weighted by Crippen LogP contribution is -2.41. The normalized spacial score (nSPS) is 12.4. The Hall–Kier alpha value is -1.47. The quantitative estimate of drug-likeness (QED) is 0.659. The van der Waals surface area contributed by atoms with Crippen LogP contribution in [0.4, 0.5) is 0 Å². The maximum absolute atomic E-state index is 11.9. The van der Waals surface area contributed by atoms with Crippen LogP contribution in [0.5, 0.6) is 0 Å². The molecule has 1 unspecified atom stereocenters. The van der Waals surface area contributed by atoms with Gasteiger partial charge in [0.25, 0.3) is 0 Å². The largest absolute Gasteiger partial charge is 0.385 e. The van der Waals surface area contributed by atoms with Crippen molar-refractivity contribution in [1.29, 1.82) is 0 Å². The van der Waals surface area contributed by atoms with E-state index in [1.807, 2.05) is 6.92 Å². The third-order valence-corrected chi connectivity index (χ3v) is 2.58. The van der Waals surface area contributed by atoms with Crippen molar-refractivity contribution in [3.63, 3.8) is 0 Å². The predicted molar refractivity (Wildman–Crippen MR) is 66.7 cm³/mol. The van der Waals surface area contributed by atoms with Gasteiger partial charge in [-0.05, 0) is 19.8 Å². The van der Waals surface area contributed by atoms with Crippen molar-refractivity contribution in [2.75, 3.05) is 20.8 Å². The van der Waals surface area contributed by atoms with Crippen LogP contribution in [-0.4, -0.2) is 52.8 Å². The highest BCUT2D eigenvalue weighted by atomic mass is 16.5. The summed E-state index contributed by atoms with van der Waals surface area (Å²) in [6.07, 6.45) is 1.39. The van der Waals surface area contributed by atoms with Gasteiger partial charge in [0, 0.05) is 20.8 Å². The van der Waals surface area contributed by atoms with Gasteiger partial charge in [-0.25, -0.2) is 4.98 Å². The Kier molecular flexibility index (Phi) is 5.73. The SMILES string of the molecule is COCCCC(N)C(=O)N(C)Cc1n[nH]c(C)n1. The summed E-state index contributed by atoms with van der Waals surface area (Å²) in [4.78, 5) is 17.6. The fourth-order valence-corrected chi connectivity index (χ4v) is 1.60. The number of methoxy groups -OCH3 is 1. The minimum absolute atomic E-state index is 0.103.